The summed E-state index contributed by atoms with van der Waals surface area (Å²) in [6.07, 6.45) is 3.85. The Balaban J connectivity index is 2.27. The molecule has 3 nitrogen and oxygen atoms in total. The molecular formula is C12H24N2OS. The Morgan fingerprint density at radius 1 is 1.50 bits per heavy atom. The molecule has 0 aromatic heterocycles. The van der Waals surface area contributed by atoms with Gasteiger partial charge in [-0.25, -0.2) is 0 Å². The first-order valence-electron chi connectivity index (χ1n) is 6.21. The molecule has 1 aliphatic heterocycles. The molecule has 1 fully saturated rings. The van der Waals surface area contributed by atoms with E-state index in [1.807, 2.05) is 0 Å². The van der Waals surface area contributed by atoms with Crippen molar-refractivity contribution in [3.63, 3.8) is 0 Å². The van der Waals surface area contributed by atoms with Crippen LogP contribution in [-0.2, 0) is 4.74 Å². The molecule has 94 valence electrons. The van der Waals surface area contributed by atoms with Crippen molar-refractivity contribution in [3.8, 4) is 0 Å². The van der Waals surface area contributed by atoms with Crippen LogP contribution in [0.4, 0.5) is 0 Å². The van der Waals surface area contributed by atoms with Gasteiger partial charge in [0.1, 0.15) is 0 Å². The zero-order chi connectivity index (χ0) is 12.0. The lowest BCUT2D eigenvalue weighted by Gasteiger charge is -2.34. The van der Waals surface area contributed by atoms with Crippen molar-refractivity contribution in [1.82, 2.24) is 10.2 Å². The zero-order valence-electron chi connectivity index (χ0n) is 10.7. The molecule has 0 saturated carbocycles. The molecule has 0 aromatic rings. The fourth-order valence-electron chi connectivity index (χ4n) is 2.14. The Morgan fingerprint density at radius 3 is 2.62 bits per heavy atom. The fourth-order valence-corrected chi connectivity index (χ4v) is 2.52. The van der Waals surface area contributed by atoms with Crippen LogP contribution < -0.4 is 5.32 Å². The summed E-state index contributed by atoms with van der Waals surface area (Å²) in [6.45, 7) is 7.27. The van der Waals surface area contributed by atoms with E-state index >= 15 is 0 Å². The van der Waals surface area contributed by atoms with Crippen LogP contribution in [0.1, 0.15) is 33.1 Å². The summed E-state index contributed by atoms with van der Waals surface area (Å²) < 4.78 is 5.09. The average molecular weight is 244 g/mol. The van der Waals surface area contributed by atoms with Crippen LogP contribution in [0.15, 0.2) is 0 Å². The van der Waals surface area contributed by atoms with E-state index in [2.05, 4.69) is 24.1 Å². The molecule has 0 spiro atoms. The van der Waals surface area contributed by atoms with E-state index in [0.29, 0.717) is 12.6 Å². The maximum Gasteiger partial charge on any atom is 0.169 e. The smallest absolute Gasteiger partial charge is 0.169 e. The summed E-state index contributed by atoms with van der Waals surface area (Å²) in [5.74, 6) is 0.899. The highest BCUT2D eigenvalue weighted by Crippen LogP contribution is 2.19. The van der Waals surface area contributed by atoms with Gasteiger partial charge in [0.25, 0.3) is 0 Å². The number of piperidine rings is 1. The van der Waals surface area contributed by atoms with Crippen molar-refractivity contribution >= 4 is 17.3 Å². The number of likely N-dealkylation sites (tertiary alicyclic amines) is 1. The molecular weight excluding hydrogens is 220 g/mol. The first kappa shape index (κ1) is 13.7. The van der Waals surface area contributed by atoms with Gasteiger partial charge in [-0.1, -0.05) is 13.3 Å². The number of methoxy groups -OCH3 is 1. The normalized spacial score (nSPS) is 19.6. The Kier molecular flexibility index (Phi) is 6.06. The van der Waals surface area contributed by atoms with Crippen molar-refractivity contribution in [3.05, 3.63) is 0 Å². The van der Waals surface area contributed by atoms with Gasteiger partial charge in [-0.2, -0.15) is 0 Å². The molecule has 0 amide bonds. The highest BCUT2D eigenvalue weighted by molar-refractivity contribution is 7.80. The highest BCUT2D eigenvalue weighted by Gasteiger charge is 2.20. The van der Waals surface area contributed by atoms with E-state index in [4.69, 9.17) is 17.0 Å². The molecule has 1 N–H and O–H groups in total. The van der Waals surface area contributed by atoms with Crippen LogP contribution in [0.25, 0.3) is 0 Å². The minimum absolute atomic E-state index is 0.293. The Hall–Kier alpha value is -0.350. The summed E-state index contributed by atoms with van der Waals surface area (Å²) in [5.41, 5.74) is 0. The molecule has 1 unspecified atom stereocenters. The van der Waals surface area contributed by atoms with Gasteiger partial charge in [0.05, 0.1) is 6.61 Å². The molecule has 0 aromatic carbocycles. The quantitative estimate of drug-likeness (QED) is 0.765. The van der Waals surface area contributed by atoms with Crippen LogP contribution in [0.2, 0.25) is 0 Å². The summed E-state index contributed by atoms with van der Waals surface area (Å²) >= 11 is 5.40. The lowest BCUT2D eigenvalue weighted by Crippen LogP contribution is -2.48. The van der Waals surface area contributed by atoms with E-state index in [0.717, 1.165) is 24.1 Å². The van der Waals surface area contributed by atoms with Crippen molar-refractivity contribution in [2.45, 2.75) is 39.2 Å². The summed E-state index contributed by atoms with van der Waals surface area (Å²) in [5, 5.41) is 4.20. The SMILES string of the molecule is CCC1CCN(C(=S)NC(C)COC)CC1. The minimum atomic E-state index is 0.293. The maximum atomic E-state index is 5.40. The summed E-state index contributed by atoms with van der Waals surface area (Å²) in [4.78, 5) is 2.29. The monoisotopic (exact) mass is 244 g/mol. The van der Waals surface area contributed by atoms with E-state index in [-0.39, 0.29) is 0 Å². The molecule has 0 radical (unpaired) electrons. The highest BCUT2D eigenvalue weighted by atomic mass is 32.1. The van der Waals surface area contributed by atoms with Gasteiger partial charge < -0.3 is 15.0 Å². The van der Waals surface area contributed by atoms with Crippen molar-refractivity contribution < 1.29 is 4.74 Å². The summed E-state index contributed by atoms with van der Waals surface area (Å²) in [6, 6.07) is 0.293. The second-order valence-corrected chi connectivity index (χ2v) is 5.03. The van der Waals surface area contributed by atoms with Gasteiger partial charge in [0.15, 0.2) is 5.11 Å². The van der Waals surface area contributed by atoms with E-state index in [1.54, 1.807) is 7.11 Å². The number of hydrogen-bond donors (Lipinski definition) is 1. The number of ether oxygens (including phenoxy) is 1. The minimum Gasteiger partial charge on any atom is -0.383 e. The van der Waals surface area contributed by atoms with Gasteiger partial charge in [0, 0.05) is 26.2 Å². The van der Waals surface area contributed by atoms with Crippen molar-refractivity contribution in [2.24, 2.45) is 5.92 Å². The molecule has 16 heavy (non-hydrogen) atoms. The first-order valence-corrected chi connectivity index (χ1v) is 6.62. The third-order valence-corrected chi connectivity index (χ3v) is 3.64. The molecule has 1 rings (SSSR count). The van der Waals surface area contributed by atoms with Crippen LogP contribution in [-0.4, -0.2) is 42.9 Å². The predicted molar refractivity (Wildman–Crippen MR) is 71.7 cm³/mol. The molecule has 1 heterocycles. The van der Waals surface area contributed by atoms with Gasteiger partial charge in [0.2, 0.25) is 0 Å². The molecule has 1 atom stereocenters. The van der Waals surface area contributed by atoms with Crippen molar-refractivity contribution in [2.75, 3.05) is 26.8 Å². The molecule has 0 bridgehead atoms. The topological polar surface area (TPSA) is 24.5 Å². The van der Waals surface area contributed by atoms with E-state index in [9.17, 15) is 0 Å². The molecule has 1 saturated heterocycles. The van der Waals surface area contributed by atoms with Crippen LogP contribution >= 0.6 is 12.2 Å². The summed E-state index contributed by atoms with van der Waals surface area (Å²) in [7, 11) is 1.72. The van der Waals surface area contributed by atoms with Gasteiger partial charge in [-0.05, 0) is 37.9 Å². The lowest BCUT2D eigenvalue weighted by molar-refractivity contribution is 0.176. The largest absolute Gasteiger partial charge is 0.383 e. The Morgan fingerprint density at radius 2 is 2.12 bits per heavy atom. The Bertz CT molecular complexity index is 215. The third-order valence-electron chi connectivity index (χ3n) is 3.27. The van der Waals surface area contributed by atoms with Crippen LogP contribution in [0.5, 0.6) is 0 Å². The lowest BCUT2D eigenvalue weighted by atomic mass is 9.95. The van der Waals surface area contributed by atoms with Crippen LogP contribution in [0, 0.1) is 5.92 Å². The standard InChI is InChI=1S/C12H24N2OS/c1-4-11-5-7-14(8-6-11)12(16)13-10(2)9-15-3/h10-11H,4-9H2,1-3H3,(H,13,16). The maximum absolute atomic E-state index is 5.40. The van der Waals surface area contributed by atoms with Gasteiger partial charge in [-0.3, -0.25) is 0 Å². The molecule has 1 aliphatic rings. The second-order valence-electron chi connectivity index (χ2n) is 4.64. The number of thiocarbonyl (C=S) groups is 1. The van der Waals surface area contributed by atoms with E-state index < -0.39 is 0 Å². The average Bonchev–Trinajstić information content (AvgIpc) is 2.29. The van der Waals surface area contributed by atoms with Gasteiger partial charge >= 0.3 is 0 Å². The number of nitrogens with one attached hydrogen (secondary N) is 1. The second kappa shape index (κ2) is 7.07. The third kappa shape index (κ3) is 4.26. The Labute approximate surface area is 105 Å². The van der Waals surface area contributed by atoms with Gasteiger partial charge in [-0.15, -0.1) is 0 Å². The first-order chi connectivity index (χ1) is 7.67. The molecule has 0 aliphatic carbocycles. The number of nitrogens with zero attached hydrogens (tertiary/aromatic N) is 1. The molecule has 4 heteroatoms. The van der Waals surface area contributed by atoms with Crippen molar-refractivity contribution in [1.29, 1.82) is 0 Å². The zero-order valence-corrected chi connectivity index (χ0v) is 11.5. The van der Waals surface area contributed by atoms with Crippen LogP contribution in [0.3, 0.4) is 0 Å². The van der Waals surface area contributed by atoms with E-state index in [1.165, 1.54) is 19.3 Å². The fraction of sp³-hybridized carbons (Fsp3) is 0.917. The number of rotatable bonds is 4. The predicted octanol–water partition coefficient (Wildman–Crippen LogP) is 2.02. The number of hydrogen-bond acceptors (Lipinski definition) is 2.